The van der Waals surface area contributed by atoms with Crippen molar-refractivity contribution >= 4 is 23.0 Å². The van der Waals surface area contributed by atoms with E-state index < -0.39 is 11.7 Å². The van der Waals surface area contributed by atoms with Crippen LogP contribution in [-0.2, 0) is 19.0 Å². The molecule has 1 aliphatic rings. The van der Waals surface area contributed by atoms with Crippen molar-refractivity contribution in [2.75, 3.05) is 23.7 Å². The molecular weight excluding hydrogens is 325 g/mol. The van der Waals surface area contributed by atoms with Crippen LogP contribution in [0.3, 0.4) is 0 Å². The molecule has 1 heterocycles. The molecule has 1 aliphatic heterocycles. The Morgan fingerprint density at radius 2 is 1.83 bits per heavy atom. The minimum atomic E-state index is -4.29. The summed E-state index contributed by atoms with van der Waals surface area (Å²) in [6.45, 7) is 1.56. The third-order valence-corrected chi connectivity index (χ3v) is 4.37. The zero-order chi connectivity index (χ0) is 16.6. The summed E-state index contributed by atoms with van der Waals surface area (Å²) in [5, 5.41) is 0.630. The van der Waals surface area contributed by atoms with Crippen molar-refractivity contribution in [3.63, 3.8) is 0 Å². The van der Waals surface area contributed by atoms with Crippen molar-refractivity contribution in [3.05, 3.63) is 58.1 Å². The lowest BCUT2D eigenvalue weighted by molar-refractivity contribution is -0.137. The smallest absolute Gasteiger partial charge is 0.399 e. The van der Waals surface area contributed by atoms with Gasteiger partial charge in [0.05, 0.1) is 16.3 Å². The number of halogens is 4. The molecular formula is C17H16ClF3N2. The summed E-state index contributed by atoms with van der Waals surface area (Å²) in [4.78, 5) is 2.16. The van der Waals surface area contributed by atoms with Gasteiger partial charge in [0.2, 0.25) is 0 Å². The van der Waals surface area contributed by atoms with Gasteiger partial charge in [-0.1, -0.05) is 23.7 Å². The largest absolute Gasteiger partial charge is 0.416 e. The van der Waals surface area contributed by atoms with Crippen LogP contribution in [-0.4, -0.2) is 13.1 Å². The second-order valence-electron chi connectivity index (χ2n) is 5.69. The molecule has 3 rings (SSSR count). The Labute approximate surface area is 137 Å². The highest BCUT2D eigenvalue weighted by molar-refractivity contribution is 6.33. The zero-order valence-corrected chi connectivity index (χ0v) is 13.1. The molecule has 0 spiro atoms. The van der Waals surface area contributed by atoms with E-state index in [-0.39, 0.29) is 0 Å². The van der Waals surface area contributed by atoms with Gasteiger partial charge in [0.15, 0.2) is 0 Å². The number of nitrogen functional groups attached to an aromatic ring is 1. The van der Waals surface area contributed by atoms with Crippen LogP contribution in [0.1, 0.15) is 16.7 Å². The fraction of sp³-hybridized carbons (Fsp3) is 0.294. The van der Waals surface area contributed by atoms with Gasteiger partial charge in [-0.3, -0.25) is 0 Å². The maximum absolute atomic E-state index is 12.6. The van der Waals surface area contributed by atoms with E-state index >= 15 is 0 Å². The standard InChI is InChI=1S/C17H16ClF3N2/c18-15-10-14(22)9-12-6-8-23(16(12)15)7-5-11-1-3-13(4-2-11)17(19,20)21/h1-4,9-10H,5-8,22H2. The maximum Gasteiger partial charge on any atom is 0.416 e. The van der Waals surface area contributed by atoms with Gasteiger partial charge in [-0.25, -0.2) is 0 Å². The summed E-state index contributed by atoms with van der Waals surface area (Å²) in [5.74, 6) is 0. The SMILES string of the molecule is Nc1cc(Cl)c2c(c1)CCN2CCc1ccc(C(F)(F)F)cc1. The second-order valence-corrected chi connectivity index (χ2v) is 6.10. The normalized spacial score (nSPS) is 14.2. The molecule has 0 radical (unpaired) electrons. The Bertz CT molecular complexity index is 711. The number of alkyl halides is 3. The maximum atomic E-state index is 12.6. The van der Waals surface area contributed by atoms with E-state index in [4.69, 9.17) is 17.3 Å². The average molecular weight is 341 g/mol. The lowest BCUT2D eigenvalue weighted by Crippen LogP contribution is -2.23. The summed E-state index contributed by atoms with van der Waals surface area (Å²) in [7, 11) is 0. The quantitative estimate of drug-likeness (QED) is 0.831. The van der Waals surface area contributed by atoms with Crippen molar-refractivity contribution in [2.45, 2.75) is 19.0 Å². The van der Waals surface area contributed by atoms with Crippen molar-refractivity contribution in [2.24, 2.45) is 0 Å². The Morgan fingerprint density at radius 3 is 2.48 bits per heavy atom. The van der Waals surface area contributed by atoms with E-state index in [9.17, 15) is 13.2 Å². The first-order valence-electron chi connectivity index (χ1n) is 7.33. The lowest BCUT2D eigenvalue weighted by atomic mass is 10.1. The Balaban J connectivity index is 1.69. The molecule has 23 heavy (non-hydrogen) atoms. The molecule has 0 atom stereocenters. The van der Waals surface area contributed by atoms with Gasteiger partial charge >= 0.3 is 6.18 Å². The molecule has 0 aliphatic carbocycles. The Morgan fingerprint density at radius 1 is 1.13 bits per heavy atom. The molecule has 0 saturated heterocycles. The van der Waals surface area contributed by atoms with Crippen LogP contribution >= 0.6 is 11.6 Å². The minimum Gasteiger partial charge on any atom is -0.399 e. The van der Waals surface area contributed by atoms with Crippen LogP contribution in [0, 0.1) is 0 Å². The van der Waals surface area contributed by atoms with Crippen molar-refractivity contribution < 1.29 is 13.2 Å². The highest BCUT2D eigenvalue weighted by Gasteiger charge is 2.30. The molecule has 0 bridgehead atoms. The van der Waals surface area contributed by atoms with Gasteiger partial charge in [-0.05, 0) is 48.2 Å². The number of hydrogen-bond acceptors (Lipinski definition) is 2. The molecule has 0 saturated carbocycles. The van der Waals surface area contributed by atoms with Gasteiger partial charge in [-0.2, -0.15) is 13.2 Å². The molecule has 0 unspecified atom stereocenters. The topological polar surface area (TPSA) is 29.3 Å². The molecule has 2 N–H and O–H groups in total. The van der Waals surface area contributed by atoms with Crippen molar-refractivity contribution in [1.82, 2.24) is 0 Å². The number of benzene rings is 2. The number of anilines is 2. The van der Waals surface area contributed by atoms with Crippen LogP contribution in [0.4, 0.5) is 24.5 Å². The van der Waals surface area contributed by atoms with E-state index in [0.717, 1.165) is 41.9 Å². The number of nitrogens with zero attached hydrogens (tertiary/aromatic N) is 1. The predicted octanol–water partition coefficient (Wildman–Crippen LogP) is 4.55. The first kappa shape index (κ1) is 16.0. The summed E-state index contributed by atoms with van der Waals surface area (Å²) in [6, 6.07) is 8.98. The summed E-state index contributed by atoms with van der Waals surface area (Å²) in [5.41, 5.74) is 8.82. The monoisotopic (exact) mass is 340 g/mol. The third kappa shape index (κ3) is 3.39. The van der Waals surface area contributed by atoms with Crippen LogP contribution in [0.25, 0.3) is 0 Å². The third-order valence-electron chi connectivity index (χ3n) is 4.08. The Hall–Kier alpha value is -1.88. The van der Waals surface area contributed by atoms with E-state index in [0.29, 0.717) is 23.7 Å². The molecule has 0 amide bonds. The molecule has 2 aromatic carbocycles. The number of rotatable bonds is 3. The summed E-state index contributed by atoms with van der Waals surface area (Å²) < 4.78 is 37.7. The highest BCUT2D eigenvalue weighted by Crippen LogP contribution is 2.37. The van der Waals surface area contributed by atoms with Gasteiger partial charge in [0, 0.05) is 18.8 Å². The van der Waals surface area contributed by atoms with Crippen molar-refractivity contribution in [1.29, 1.82) is 0 Å². The Kier molecular flexibility index (Phi) is 4.15. The van der Waals surface area contributed by atoms with E-state index in [2.05, 4.69) is 4.90 Å². The fourth-order valence-electron chi connectivity index (χ4n) is 2.94. The van der Waals surface area contributed by atoms with E-state index in [1.54, 1.807) is 6.07 Å². The summed E-state index contributed by atoms with van der Waals surface area (Å²) >= 11 is 6.28. The lowest BCUT2D eigenvalue weighted by Gasteiger charge is -2.21. The molecule has 2 aromatic rings. The zero-order valence-electron chi connectivity index (χ0n) is 12.3. The van der Waals surface area contributed by atoms with Crippen LogP contribution in [0.2, 0.25) is 5.02 Å². The van der Waals surface area contributed by atoms with Gasteiger partial charge in [0.25, 0.3) is 0 Å². The molecule has 0 fully saturated rings. The van der Waals surface area contributed by atoms with E-state index in [1.807, 2.05) is 6.07 Å². The molecule has 2 nitrogen and oxygen atoms in total. The van der Waals surface area contributed by atoms with Gasteiger partial charge in [0.1, 0.15) is 0 Å². The van der Waals surface area contributed by atoms with Crippen LogP contribution < -0.4 is 10.6 Å². The van der Waals surface area contributed by atoms with Crippen LogP contribution in [0.15, 0.2) is 36.4 Å². The second kappa shape index (κ2) is 5.96. The minimum absolute atomic E-state index is 0.619. The molecule has 6 heteroatoms. The highest BCUT2D eigenvalue weighted by atomic mass is 35.5. The average Bonchev–Trinajstić information content (AvgIpc) is 2.88. The van der Waals surface area contributed by atoms with E-state index in [1.165, 1.54) is 12.1 Å². The number of nitrogens with two attached hydrogens (primary N) is 1. The van der Waals surface area contributed by atoms with Crippen molar-refractivity contribution in [3.8, 4) is 0 Å². The summed E-state index contributed by atoms with van der Waals surface area (Å²) in [6.07, 6.45) is -2.74. The number of hydrogen-bond donors (Lipinski definition) is 1. The molecule has 122 valence electrons. The van der Waals surface area contributed by atoms with Gasteiger partial charge in [-0.15, -0.1) is 0 Å². The first-order valence-corrected chi connectivity index (χ1v) is 7.71. The van der Waals surface area contributed by atoms with Crippen LogP contribution in [0.5, 0.6) is 0 Å². The first-order chi connectivity index (χ1) is 10.8. The molecule has 0 aromatic heterocycles. The number of fused-ring (bicyclic) bond motifs is 1. The van der Waals surface area contributed by atoms with Gasteiger partial charge < -0.3 is 10.6 Å². The predicted molar refractivity (Wildman–Crippen MR) is 86.9 cm³/mol. The fourth-order valence-corrected chi connectivity index (χ4v) is 3.31.